The SMILES string of the molecule is C[NH+]([O-])[NH+]([O-])c1ccccc1. The average Bonchev–Trinajstić information content (AvgIpc) is 2.05. The standard InChI is InChI=1S/C7H10N2O2/c1-8(10)9(11)7-5-3-2-4-6-7/h2-6,8-9H,1H3. The van der Waals surface area contributed by atoms with Gasteiger partial charge in [-0.15, -0.1) is 0 Å². The third-order valence-corrected chi connectivity index (χ3v) is 1.36. The predicted octanol–water partition coefficient (Wildman–Crippen LogP) is -1.37. The predicted molar refractivity (Wildman–Crippen MR) is 40.7 cm³/mol. The van der Waals surface area contributed by atoms with Gasteiger partial charge in [0, 0.05) is 12.1 Å². The Morgan fingerprint density at radius 2 is 1.64 bits per heavy atom. The van der Waals surface area contributed by atoms with Gasteiger partial charge in [-0.25, -0.2) is 5.17 Å². The maximum atomic E-state index is 11.0. The van der Waals surface area contributed by atoms with Crippen LogP contribution < -0.4 is 10.3 Å². The zero-order chi connectivity index (χ0) is 8.27. The number of hydroxylamine groups is 1. The van der Waals surface area contributed by atoms with E-state index in [1.54, 1.807) is 30.3 Å². The minimum atomic E-state index is -0.425. The lowest BCUT2D eigenvalue weighted by Crippen LogP contribution is -3.52. The molecular formula is C7H10N2O2. The van der Waals surface area contributed by atoms with Crippen LogP contribution in [0.2, 0.25) is 0 Å². The molecule has 1 aromatic carbocycles. The molecule has 0 aliphatic carbocycles. The van der Waals surface area contributed by atoms with Gasteiger partial charge in [0.2, 0.25) is 0 Å². The van der Waals surface area contributed by atoms with Crippen LogP contribution in [0.15, 0.2) is 30.3 Å². The summed E-state index contributed by atoms with van der Waals surface area (Å²) in [5.74, 6) is 0. The number of benzene rings is 1. The number of hydrogen-bond acceptors (Lipinski definition) is 2. The van der Waals surface area contributed by atoms with Crippen molar-refractivity contribution in [2.24, 2.45) is 0 Å². The minimum absolute atomic E-state index is 0.420. The number of hydrogen-bond donors (Lipinski definition) is 2. The molecule has 0 fully saturated rings. The van der Waals surface area contributed by atoms with Crippen molar-refractivity contribution in [2.45, 2.75) is 0 Å². The molecule has 4 heteroatoms. The van der Waals surface area contributed by atoms with Crippen LogP contribution in [-0.2, 0) is 0 Å². The van der Waals surface area contributed by atoms with Crippen molar-refractivity contribution in [3.05, 3.63) is 40.7 Å². The summed E-state index contributed by atoms with van der Waals surface area (Å²) in [6.45, 7) is 0. The molecule has 0 bridgehead atoms. The fraction of sp³-hybridized carbons (Fsp3) is 0.143. The summed E-state index contributed by atoms with van der Waals surface area (Å²) in [4.78, 5) is 0. The summed E-state index contributed by atoms with van der Waals surface area (Å²) >= 11 is 0. The molecule has 11 heavy (non-hydrogen) atoms. The smallest absolute Gasteiger partial charge is 0.179 e. The Morgan fingerprint density at radius 1 is 1.09 bits per heavy atom. The topological polar surface area (TPSA) is 55.0 Å². The Balaban J connectivity index is 2.77. The van der Waals surface area contributed by atoms with Gasteiger partial charge in [0.1, 0.15) is 7.05 Å². The van der Waals surface area contributed by atoms with Crippen LogP contribution in [0, 0.1) is 10.4 Å². The summed E-state index contributed by atoms with van der Waals surface area (Å²) in [6.07, 6.45) is 0. The quantitative estimate of drug-likeness (QED) is 0.516. The largest absolute Gasteiger partial charge is 0.583 e. The van der Waals surface area contributed by atoms with Crippen molar-refractivity contribution in [3.8, 4) is 0 Å². The van der Waals surface area contributed by atoms with E-state index >= 15 is 0 Å². The molecule has 2 atom stereocenters. The highest BCUT2D eigenvalue weighted by molar-refractivity contribution is 5.27. The minimum Gasteiger partial charge on any atom is -0.583 e. The molecule has 2 unspecified atom stereocenters. The van der Waals surface area contributed by atoms with E-state index in [9.17, 15) is 10.4 Å². The summed E-state index contributed by atoms with van der Waals surface area (Å²) in [6, 6.07) is 8.52. The molecule has 1 rings (SSSR count). The summed E-state index contributed by atoms with van der Waals surface area (Å²) in [5, 5.41) is 20.7. The van der Waals surface area contributed by atoms with Crippen LogP contribution in [0.5, 0.6) is 0 Å². The lowest BCUT2D eigenvalue weighted by molar-refractivity contribution is -1.42. The average molecular weight is 154 g/mol. The van der Waals surface area contributed by atoms with Crippen molar-refractivity contribution in [3.63, 3.8) is 0 Å². The van der Waals surface area contributed by atoms with Gasteiger partial charge >= 0.3 is 0 Å². The third kappa shape index (κ3) is 1.99. The Labute approximate surface area is 64.8 Å². The third-order valence-electron chi connectivity index (χ3n) is 1.36. The highest BCUT2D eigenvalue weighted by Crippen LogP contribution is 1.95. The van der Waals surface area contributed by atoms with Gasteiger partial charge in [-0.2, -0.15) is 5.17 Å². The van der Waals surface area contributed by atoms with Gasteiger partial charge in [-0.05, 0) is 0 Å². The molecular weight excluding hydrogens is 144 g/mol. The van der Waals surface area contributed by atoms with E-state index in [1.807, 2.05) is 0 Å². The molecule has 0 spiro atoms. The molecule has 0 saturated carbocycles. The Morgan fingerprint density at radius 3 is 2.09 bits per heavy atom. The molecule has 0 aliphatic heterocycles. The van der Waals surface area contributed by atoms with E-state index in [2.05, 4.69) is 0 Å². The number of para-hydroxylation sites is 1. The van der Waals surface area contributed by atoms with Crippen LogP contribution >= 0.6 is 0 Å². The fourth-order valence-electron chi connectivity index (χ4n) is 0.793. The molecule has 0 aromatic heterocycles. The van der Waals surface area contributed by atoms with Crippen LogP contribution in [0.25, 0.3) is 0 Å². The maximum absolute atomic E-state index is 11.0. The van der Waals surface area contributed by atoms with Gasteiger partial charge in [0.25, 0.3) is 0 Å². The Bertz CT molecular complexity index is 213. The lowest BCUT2D eigenvalue weighted by atomic mass is 10.3. The van der Waals surface area contributed by atoms with Gasteiger partial charge in [-0.1, -0.05) is 18.2 Å². The van der Waals surface area contributed by atoms with Gasteiger partial charge in [-0.3, -0.25) is 0 Å². The first kappa shape index (κ1) is 8.16. The van der Waals surface area contributed by atoms with E-state index in [4.69, 9.17) is 0 Å². The van der Waals surface area contributed by atoms with E-state index in [0.29, 0.717) is 5.69 Å². The Kier molecular flexibility index (Phi) is 2.56. The monoisotopic (exact) mass is 154 g/mol. The fourth-order valence-corrected chi connectivity index (χ4v) is 0.793. The van der Waals surface area contributed by atoms with Gasteiger partial charge in [0.05, 0.1) is 0 Å². The van der Waals surface area contributed by atoms with E-state index in [1.165, 1.54) is 7.05 Å². The van der Waals surface area contributed by atoms with Crippen LogP contribution in [0.1, 0.15) is 0 Å². The summed E-state index contributed by atoms with van der Waals surface area (Å²) in [7, 11) is 1.27. The normalized spacial score (nSPS) is 15.9. The van der Waals surface area contributed by atoms with Crippen LogP contribution in [0.4, 0.5) is 5.69 Å². The molecule has 0 radical (unpaired) electrons. The molecule has 2 N–H and O–H groups in total. The molecule has 60 valence electrons. The second-order valence-corrected chi connectivity index (χ2v) is 2.25. The van der Waals surface area contributed by atoms with Crippen LogP contribution in [-0.4, -0.2) is 7.05 Å². The zero-order valence-corrected chi connectivity index (χ0v) is 6.20. The maximum Gasteiger partial charge on any atom is 0.179 e. The first-order valence-electron chi connectivity index (χ1n) is 3.32. The van der Waals surface area contributed by atoms with Crippen molar-refractivity contribution in [2.75, 3.05) is 7.05 Å². The van der Waals surface area contributed by atoms with Crippen LogP contribution in [0.3, 0.4) is 0 Å². The van der Waals surface area contributed by atoms with Crippen molar-refractivity contribution >= 4 is 5.69 Å². The number of nitrogens with one attached hydrogen (secondary N) is 2. The zero-order valence-electron chi connectivity index (χ0n) is 6.20. The second-order valence-electron chi connectivity index (χ2n) is 2.25. The van der Waals surface area contributed by atoms with Gasteiger partial charge < -0.3 is 10.4 Å². The van der Waals surface area contributed by atoms with Crippen molar-refractivity contribution in [1.29, 1.82) is 0 Å². The first-order chi connectivity index (χ1) is 5.22. The molecule has 0 aliphatic rings. The number of quaternary nitrogens is 2. The van der Waals surface area contributed by atoms with Crippen molar-refractivity contribution in [1.82, 2.24) is 0 Å². The summed E-state index contributed by atoms with van der Waals surface area (Å²) < 4.78 is 0. The van der Waals surface area contributed by atoms with Gasteiger partial charge in [0.15, 0.2) is 5.69 Å². The Hall–Kier alpha value is -0.940. The summed E-state index contributed by atoms with van der Waals surface area (Å²) in [5.41, 5.74) is 0.458. The van der Waals surface area contributed by atoms with Crippen molar-refractivity contribution < 1.29 is 10.3 Å². The first-order valence-corrected chi connectivity index (χ1v) is 3.32. The second kappa shape index (κ2) is 3.45. The molecule has 0 heterocycles. The van der Waals surface area contributed by atoms with E-state index in [-0.39, 0.29) is 0 Å². The molecule has 0 amide bonds. The highest BCUT2D eigenvalue weighted by Gasteiger charge is 2.01. The molecule has 4 nitrogen and oxygen atoms in total. The lowest BCUT2D eigenvalue weighted by Gasteiger charge is -2.28. The molecule has 1 aromatic rings. The van der Waals surface area contributed by atoms with E-state index < -0.39 is 10.3 Å². The molecule has 0 saturated heterocycles. The highest BCUT2D eigenvalue weighted by atomic mass is 16.7. The number of rotatable bonds is 2. The van der Waals surface area contributed by atoms with E-state index in [0.717, 1.165) is 0 Å².